The lowest BCUT2D eigenvalue weighted by atomic mass is 9.96. The summed E-state index contributed by atoms with van der Waals surface area (Å²) >= 11 is 6.25. The van der Waals surface area contributed by atoms with Gasteiger partial charge in [0.2, 0.25) is 0 Å². The molecule has 172 valence electrons. The van der Waals surface area contributed by atoms with Crippen LogP contribution in [0.3, 0.4) is 0 Å². The van der Waals surface area contributed by atoms with Crippen molar-refractivity contribution >= 4 is 53.2 Å². The van der Waals surface area contributed by atoms with E-state index in [1.807, 2.05) is 4.57 Å². The topological polar surface area (TPSA) is 100 Å². The van der Waals surface area contributed by atoms with Gasteiger partial charge in [0.05, 0.1) is 47.0 Å². The van der Waals surface area contributed by atoms with Crippen LogP contribution in [-0.2, 0) is 11.4 Å². The van der Waals surface area contributed by atoms with Crippen molar-refractivity contribution in [2.45, 2.75) is 19.4 Å². The molecule has 4 N–H and O–H groups in total. The van der Waals surface area contributed by atoms with Crippen molar-refractivity contribution in [2.75, 3.05) is 31.6 Å². The first-order valence-electron chi connectivity index (χ1n) is 10.7. The second-order valence-electron chi connectivity index (χ2n) is 7.94. The first kappa shape index (κ1) is 23.5. The Morgan fingerprint density at radius 2 is 2.15 bits per heavy atom. The number of halogens is 2. The Labute approximate surface area is 196 Å². The highest BCUT2D eigenvalue weighted by Crippen LogP contribution is 2.33. The van der Waals surface area contributed by atoms with Crippen LogP contribution < -0.4 is 21.6 Å². The SMILES string of the molecule is [B]c1ccc(Nc2c(C(=O)NOCCO)cc3c(ncn3CC3CCNCC3)c2F)c(Cl)c1. The third kappa shape index (κ3) is 5.30. The summed E-state index contributed by atoms with van der Waals surface area (Å²) in [7, 11) is 5.75. The molecule has 1 fully saturated rings. The number of aliphatic hydroxyl groups is 1. The fourth-order valence-electron chi connectivity index (χ4n) is 3.93. The number of amides is 1. The zero-order valence-corrected chi connectivity index (χ0v) is 18.7. The van der Waals surface area contributed by atoms with E-state index in [1.54, 1.807) is 24.5 Å². The summed E-state index contributed by atoms with van der Waals surface area (Å²) in [5.41, 5.74) is 3.64. The number of piperidine rings is 1. The molecule has 1 aromatic heterocycles. The van der Waals surface area contributed by atoms with Crippen molar-refractivity contribution < 1.29 is 19.1 Å². The van der Waals surface area contributed by atoms with Gasteiger partial charge in [0.25, 0.3) is 5.91 Å². The molecule has 1 aliphatic heterocycles. The Hall–Kier alpha value is -2.66. The third-order valence-corrected chi connectivity index (χ3v) is 5.94. The number of nitrogens with zero attached hydrogens (tertiary/aromatic N) is 2. The minimum absolute atomic E-state index is 0.0119. The number of rotatable bonds is 8. The number of hydrogen-bond acceptors (Lipinski definition) is 6. The molecule has 1 amide bonds. The fourth-order valence-corrected chi connectivity index (χ4v) is 4.17. The molecule has 3 aromatic rings. The highest BCUT2D eigenvalue weighted by atomic mass is 35.5. The van der Waals surface area contributed by atoms with E-state index in [1.165, 1.54) is 6.07 Å². The molecule has 2 heterocycles. The molecule has 4 rings (SSSR count). The number of hydroxylamine groups is 1. The Bertz CT molecular complexity index is 1150. The Kier molecular flexibility index (Phi) is 7.49. The molecule has 0 saturated carbocycles. The number of imidazole rings is 1. The number of nitrogens with one attached hydrogen (secondary N) is 3. The van der Waals surface area contributed by atoms with Crippen molar-refractivity contribution in [3.05, 3.63) is 47.0 Å². The lowest BCUT2D eigenvalue weighted by molar-refractivity contribution is 0.0169. The molecular formula is C22H24BClFN5O3. The van der Waals surface area contributed by atoms with Gasteiger partial charge in [-0.25, -0.2) is 14.9 Å². The van der Waals surface area contributed by atoms with E-state index >= 15 is 4.39 Å². The van der Waals surface area contributed by atoms with Crippen LogP contribution in [0.25, 0.3) is 11.0 Å². The molecule has 2 radical (unpaired) electrons. The lowest BCUT2D eigenvalue weighted by Gasteiger charge is -2.23. The summed E-state index contributed by atoms with van der Waals surface area (Å²) in [5, 5.41) is 15.4. The summed E-state index contributed by atoms with van der Waals surface area (Å²) in [6, 6.07) is 6.32. The monoisotopic (exact) mass is 471 g/mol. The van der Waals surface area contributed by atoms with Gasteiger partial charge in [0.15, 0.2) is 5.82 Å². The van der Waals surface area contributed by atoms with Crippen LogP contribution in [0.5, 0.6) is 0 Å². The minimum Gasteiger partial charge on any atom is -0.394 e. The molecule has 0 bridgehead atoms. The van der Waals surface area contributed by atoms with Crippen molar-refractivity contribution in [3.8, 4) is 0 Å². The maximum atomic E-state index is 15.7. The molecule has 1 aliphatic rings. The standard InChI is InChI=1S/C22H24BClFN5O3/c23-14-1-2-17(16(24)9-14)28-20-15(22(32)29-33-8-7-31)10-18-21(19(20)25)27-12-30(18)11-13-3-5-26-6-4-13/h1-2,9-10,12-13,26,28,31H,3-8,11H2,(H,29,32). The quantitative estimate of drug-likeness (QED) is 0.228. The third-order valence-electron chi connectivity index (χ3n) is 5.63. The molecule has 0 unspecified atom stereocenters. The number of aliphatic hydroxyl groups excluding tert-OH is 1. The largest absolute Gasteiger partial charge is 0.394 e. The number of carbonyl (C=O) groups is 1. The van der Waals surface area contributed by atoms with Gasteiger partial charge in [0.1, 0.15) is 13.4 Å². The van der Waals surface area contributed by atoms with E-state index in [0.717, 1.165) is 25.9 Å². The Balaban J connectivity index is 1.74. The molecule has 8 nitrogen and oxygen atoms in total. The zero-order chi connectivity index (χ0) is 23.4. The summed E-state index contributed by atoms with van der Waals surface area (Å²) in [6.07, 6.45) is 3.62. The Morgan fingerprint density at radius 3 is 2.88 bits per heavy atom. The fraction of sp³-hybridized carbons (Fsp3) is 0.364. The predicted octanol–water partition coefficient (Wildman–Crippen LogP) is 2.02. The van der Waals surface area contributed by atoms with Crippen LogP contribution >= 0.6 is 11.6 Å². The van der Waals surface area contributed by atoms with E-state index in [-0.39, 0.29) is 35.0 Å². The van der Waals surface area contributed by atoms with Crippen LogP contribution in [-0.4, -0.2) is 54.7 Å². The first-order valence-corrected chi connectivity index (χ1v) is 11.1. The van der Waals surface area contributed by atoms with Crippen LogP contribution in [0.15, 0.2) is 30.6 Å². The summed E-state index contributed by atoms with van der Waals surface area (Å²) in [5.74, 6) is -0.923. The minimum atomic E-state index is -0.684. The number of aromatic nitrogens is 2. The van der Waals surface area contributed by atoms with Crippen LogP contribution in [0.1, 0.15) is 23.2 Å². The van der Waals surface area contributed by atoms with E-state index in [0.29, 0.717) is 29.1 Å². The van der Waals surface area contributed by atoms with Gasteiger partial charge in [-0.15, -0.1) is 0 Å². The normalized spacial score (nSPS) is 14.5. The second kappa shape index (κ2) is 10.5. The van der Waals surface area contributed by atoms with Crippen LogP contribution in [0.2, 0.25) is 5.02 Å². The molecule has 33 heavy (non-hydrogen) atoms. The zero-order valence-electron chi connectivity index (χ0n) is 17.9. The molecule has 0 spiro atoms. The van der Waals surface area contributed by atoms with Crippen LogP contribution in [0.4, 0.5) is 15.8 Å². The summed E-state index contributed by atoms with van der Waals surface area (Å²) in [4.78, 5) is 22.1. The van der Waals surface area contributed by atoms with E-state index in [2.05, 4.69) is 21.1 Å². The van der Waals surface area contributed by atoms with Gasteiger partial charge >= 0.3 is 0 Å². The molecule has 0 atom stereocenters. The molecular weight excluding hydrogens is 448 g/mol. The molecule has 11 heteroatoms. The van der Waals surface area contributed by atoms with Crippen molar-refractivity contribution in [1.82, 2.24) is 20.3 Å². The van der Waals surface area contributed by atoms with Gasteiger partial charge in [-0.1, -0.05) is 23.1 Å². The maximum absolute atomic E-state index is 15.7. The first-order chi connectivity index (χ1) is 16.0. The van der Waals surface area contributed by atoms with Gasteiger partial charge in [-0.05, 0) is 50.0 Å². The van der Waals surface area contributed by atoms with Crippen molar-refractivity contribution in [3.63, 3.8) is 0 Å². The highest BCUT2D eigenvalue weighted by molar-refractivity contribution is 6.37. The van der Waals surface area contributed by atoms with Crippen molar-refractivity contribution in [1.29, 1.82) is 0 Å². The highest BCUT2D eigenvalue weighted by Gasteiger charge is 2.24. The average Bonchev–Trinajstić information content (AvgIpc) is 3.20. The summed E-state index contributed by atoms with van der Waals surface area (Å²) < 4.78 is 17.6. The Morgan fingerprint density at radius 1 is 1.36 bits per heavy atom. The predicted molar refractivity (Wildman–Crippen MR) is 126 cm³/mol. The van der Waals surface area contributed by atoms with E-state index in [9.17, 15) is 4.79 Å². The number of carbonyl (C=O) groups excluding carboxylic acids is 1. The molecule has 0 aliphatic carbocycles. The maximum Gasteiger partial charge on any atom is 0.277 e. The van der Waals surface area contributed by atoms with Crippen LogP contribution in [0, 0.1) is 11.7 Å². The molecule has 1 saturated heterocycles. The number of fused-ring (bicyclic) bond motifs is 1. The van der Waals surface area contributed by atoms with Gasteiger partial charge in [-0.3, -0.25) is 9.63 Å². The average molecular weight is 472 g/mol. The van der Waals surface area contributed by atoms with Crippen molar-refractivity contribution in [2.24, 2.45) is 5.92 Å². The van der Waals surface area contributed by atoms with E-state index < -0.39 is 11.7 Å². The summed E-state index contributed by atoms with van der Waals surface area (Å²) in [6.45, 7) is 2.19. The number of anilines is 2. The second-order valence-corrected chi connectivity index (χ2v) is 8.35. The van der Waals surface area contributed by atoms with Gasteiger partial charge in [0, 0.05) is 6.54 Å². The number of benzene rings is 2. The van der Waals surface area contributed by atoms with Gasteiger partial charge in [-0.2, -0.15) is 0 Å². The van der Waals surface area contributed by atoms with Gasteiger partial charge < -0.3 is 20.3 Å². The number of hydrogen-bond donors (Lipinski definition) is 4. The van der Waals surface area contributed by atoms with E-state index in [4.69, 9.17) is 29.4 Å². The molecule has 2 aromatic carbocycles. The lowest BCUT2D eigenvalue weighted by Crippen LogP contribution is -2.29. The smallest absolute Gasteiger partial charge is 0.277 e.